The van der Waals surface area contributed by atoms with Crippen LogP contribution >= 0.6 is 0 Å². The van der Waals surface area contributed by atoms with Crippen molar-refractivity contribution >= 4 is 28.8 Å². The Morgan fingerprint density at radius 3 is 2.22 bits per heavy atom. The number of carboxylic acids is 1. The number of anilines is 3. The van der Waals surface area contributed by atoms with Crippen molar-refractivity contribution in [2.45, 2.75) is 26.2 Å². The fraction of sp³-hybridized carbons (Fsp3) is 0.333. The van der Waals surface area contributed by atoms with Crippen LogP contribution in [0.4, 0.5) is 17.1 Å². The quantitative estimate of drug-likeness (QED) is 0.463. The van der Waals surface area contributed by atoms with Gasteiger partial charge < -0.3 is 22.3 Å². The van der Waals surface area contributed by atoms with Gasteiger partial charge >= 0.3 is 5.97 Å². The highest BCUT2D eigenvalue weighted by molar-refractivity contribution is 6.12. The normalized spacial score (nSPS) is 10.3. The van der Waals surface area contributed by atoms with Gasteiger partial charge in [-0.1, -0.05) is 13.3 Å². The zero-order chi connectivity index (χ0) is 13.9. The molecule has 18 heavy (non-hydrogen) atoms. The molecule has 0 saturated heterocycles. The number of aromatic carboxylic acids is 1. The van der Waals surface area contributed by atoms with E-state index in [0.29, 0.717) is 6.42 Å². The Balaban J connectivity index is 3.31. The highest BCUT2D eigenvalue weighted by Gasteiger charge is 2.22. The van der Waals surface area contributed by atoms with E-state index in [1.54, 1.807) is 0 Å². The predicted molar refractivity (Wildman–Crippen MR) is 70.5 cm³/mol. The number of carbonyl (C=O) groups is 2. The van der Waals surface area contributed by atoms with Gasteiger partial charge in [0, 0.05) is 12.1 Å². The van der Waals surface area contributed by atoms with E-state index in [9.17, 15) is 9.59 Å². The van der Waals surface area contributed by atoms with Crippen molar-refractivity contribution < 1.29 is 14.7 Å². The Bertz CT molecular complexity index is 498. The Morgan fingerprint density at radius 1 is 1.17 bits per heavy atom. The Hall–Kier alpha value is -2.24. The van der Waals surface area contributed by atoms with Crippen molar-refractivity contribution in [2.75, 3.05) is 17.2 Å². The molecule has 98 valence electrons. The molecular weight excluding hydrogens is 234 g/mol. The van der Waals surface area contributed by atoms with Crippen LogP contribution in [0, 0.1) is 0 Å². The van der Waals surface area contributed by atoms with Crippen molar-refractivity contribution in [3.63, 3.8) is 0 Å². The van der Waals surface area contributed by atoms with E-state index in [2.05, 4.69) is 0 Å². The molecule has 0 spiro atoms. The summed E-state index contributed by atoms with van der Waals surface area (Å²) in [6, 6.07) is 1.26. The molecule has 0 saturated carbocycles. The van der Waals surface area contributed by atoms with Crippen LogP contribution in [-0.2, 0) is 0 Å². The minimum Gasteiger partial charge on any atom is -0.478 e. The molecule has 6 nitrogen and oxygen atoms in total. The standard InChI is InChI=1S/C12H17N3O3/c1-2-3-4-8(16)9-6(13)5-7(14)10(11(9)15)12(17)18/h5H,2-4,13-15H2,1H3,(H,17,18). The van der Waals surface area contributed by atoms with E-state index in [0.717, 1.165) is 6.42 Å². The molecule has 1 aromatic carbocycles. The van der Waals surface area contributed by atoms with Crippen molar-refractivity contribution in [3.05, 3.63) is 17.2 Å². The van der Waals surface area contributed by atoms with E-state index < -0.39 is 5.97 Å². The molecule has 0 aliphatic heterocycles. The summed E-state index contributed by atoms with van der Waals surface area (Å²) >= 11 is 0. The third-order valence-electron chi connectivity index (χ3n) is 2.68. The zero-order valence-corrected chi connectivity index (χ0v) is 10.2. The molecular formula is C12H17N3O3. The van der Waals surface area contributed by atoms with E-state index in [1.807, 2.05) is 6.92 Å². The maximum absolute atomic E-state index is 11.9. The number of nitrogens with two attached hydrogens (primary N) is 3. The molecule has 7 N–H and O–H groups in total. The summed E-state index contributed by atoms with van der Waals surface area (Å²) in [5, 5.41) is 9.01. The summed E-state index contributed by atoms with van der Waals surface area (Å²) in [5.41, 5.74) is 16.7. The molecule has 0 fully saturated rings. The van der Waals surface area contributed by atoms with E-state index in [1.165, 1.54) is 6.07 Å². The summed E-state index contributed by atoms with van der Waals surface area (Å²) < 4.78 is 0. The van der Waals surface area contributed by atoms with Crippen LogP contribution in [-0.4, -0.2) is 16.9 Å². The number of unbranched alkanes of at least 4 members (excludes halogenated alkanes) is 1. The second-order valence-corrected chi connectivity index (χ2v) is 4.05. The van der Waals surface area contributed by atoms with Crippen molar-refractivity contribution in [1.29, 1.82) is 0 Å². The summed E-state index contributed by atoms with van der Waals surface area (Å²) in [6.07, 6.45) is 1.84. The number of ketones is 1. The average molecular weight is 251 g/mol. The van der Waals surface area contributed by atoms with Gasteiger partial charge in [-0.2, -0.15) is 0 Å². The van der Waals surface area contributed by atoms with Crippen LogP contribution in [0.1, 0.15) is 46.9 Å². The highest BCUT2D eigenvalue weighted by atomic mass is 16.4. The average Bonchev–Trinajstić information content (AvgIpc) is 2.24. The van der Waals surface area contributed by atoms with Gasteiger partial charge in [-0.25, -0.2) is 4.79 Å². The van der Waals surface area contributed by atoms with Gasteiger partial charge in [-0.05, 0) is 12.5 Å². The Kier molecular flexibility index (Phi) is 4.14. The van der Waals surface area contributed by atoms with Crippen LogP contribution in [0.15, 0.2) is 6.07 Å². The molecule has 1 aromatic rings. The number of hydrogen-bond acceptors (Lipinski definition) is 5. The van der Waals surface area contributed by atoms with Crippen molar-refractivity contribution in [1.82, 2.24) is 0 Å². The SMILES string of the molecule is CCCCC(=O)c1c(N)cc(N)c(C(=O)O)c1N. The summed E-state index contributed by atoms with van der Waals surface area (Å²) in [6.45, 7) is 1.95. The van der Waals surface area contributed by atoms with E-state index in [4.69, 9.17) is 22.3 Å². The lowest BCUT2D eigenvalue weighted by atomic mass is 9.97. The third kappa shape index (κ3) is 2.53. The molecule has 0 bridgehead atoms. The van der Waals surface area contributed by atoms with Gasteiger partial charge in [0.1, 0.15) is 5.56 Å². The van der Waals surface area contributed by atoms with Crippen LogP contribution in [0.3, 0.4) is 0 Å². The fourth-order valence-corrected chi connectivity index (χ4v) is 1.76. The summed E-state index contributed by atoms with van der Waals surface area (Å²) in [7, 11) is 0. The van der Waals surface area contributed by atoms with Crippen LogP contribution in [0.2, 0.25) is 0 Å². The topological polar surface area (TPSA) is 132 Å². The first-order chi connectivity index (χ1) is 8.40. The molecule has 6 heteroatoms. The van der Waals surface area contributed by atoms with E-state index >= 15 is 0 Å². The van der Waals surface area contributed by atoms with Crippen LogP contribution in [0.25, 0.3) is 0 Å². The Labute approximate surface area is 105 Å². The first-order valence-corrected chi connectivity index (χ1v) is 5.64. The molecule has 0 atom stereocenters. The Morgan fingerprint density at radius 2 is 1.72 bits per heavy atom. The molecule has 0 aliphatic rings. The predicted octanol–water partition coefficient (Wildman–Crippen LogP) is 1.50. The maximum Gasteiger partial charge on any atom is 0.339 e. The summed E-state index contributed by atoms with van der Waals surface area (Å²) in [4.78, 5) is 23.0. The molecule has 0 heterocycles. The van der Waals surface area contributed by atoms with Gasteiger partial charge in [0.05, 0.1) is 16.9 Å². The monoisotopic (exact) mass is 251 g/mol. The van der Waals surface area contributed by atoms with Crippen LogP contribution in [0.5, 0.6) is 0 Å². The largest absolute Gasteiger partial charge is 0.478 e. The van der Waals surface area contributed by atoms with E-state index in [-0.39, 0.29) is 40.4 Å². The number of hydrogen-bond donors (Lipinski definition) is 4. The lowest BCUT2D eigenvalue weighted by Gasteiger charge is -2.13. The molecule has 0 unspecified atom stereocenters. The van der Waals surface area contributed by atoms with Gasteiger partial charge in [0.2, 0.25) is 0 Å². The number of benzene rings is 1. The maximum atomic E-state index is 11.9. The molecule has 0 radical (unpaired) electrons. The lowest BCUT2D eigenvalue weighted by Crippen LogP contribution is -2.15. The zero-order valence-electron chi connectivity index (χ0n) is 10.2. The number of carboxylic acid groups (broad SMARTS) is 1. The highest BCUT2D eigenvalue weighted by Crippen LogP contribution is 2.30. The second-order valence-electron chi connectivity index (χ2n) is 4.05. The first kappa shape index (κ1) is 13.8. The second kappa shape index (κ2) is 5.39. The lowest BCUT2D eigenvalue weighted by molar-refractivity contribution is 0.0699. The minimum atomic E-state index is -1.27. The first-order valence-electron chi connectivity index (χ1n) is 5.64. The fourth-order valence-electron chi connectivity index (χ4n) is 1.76. The number of rotatable bonds is 5. The molecule has 0 aliphatic carbocycles. The van der Waals surface area contributed by atoms with Gasteiger partial charge in [-0.3, -0.25) is 4.79 Å². The van der Waals surface area contributed by atoms with Gasteiger partial charge in [0.25, 0.3) is 0 Å². The number of Topliss-reactive ketones (excluding diaryl/α,β-unsaturated/α-hetero) is 1. The smallest absolute Gasteiger partial charge is 0.339 e. The third-order valence-corrected chi connectivity index (χ3v) is 2.68. The molecule has 1 rings (SSSR count). The summed E-state index contributed by atoms with van der Waals surface area (Å²) in [5.74, 6) is -1.52. The molecule has 0 aromatic heterocycles. The van der Waals surface area contributed by atoms with Crippen molar-refractivity contribution in [3.8, 4) is 0 Å². The number of carbonyl (C=O) groups excluding carboxylic acids is 1. The minimum absolute atomic E-state index is 0.0375. The van der Waals surface area contributed by atoms with Gasteiger partial charge in [0.15, 0.2) is 5.78 Å². The molecule has 0 amide bonds. The van der Waals surface area contributed by atoms with Crippen LogP contribution < -0.4 is 17.2 Å². The van der Waals surface area contributed by atoms with Crippen molar-refractivity contribution in [2.24, 2.45) is 0 Å². The number of nitrogen functional groups attached to an aromatic ring is 3. The van der Waals surface area contributed by atoms with Gasteiger partial charge in [-0.15, -0.1) is 0 Å².